The minimum atomic E-state index is -0.796. The summed E-state index contributed by atoms with van der Waals surface area (Å²) in [6, 6.07) is 0. The Balaban J connectivity index is 4.40. The molecule has 0 rings (SSSR count). The van der Waals surface area contributed by atoms with Crippen molar-refractivity contribution in [2.24, 2.45) is 0 Å². The number of hydrogen-bond donors (Lipinski definition) is 0. The van der Waals surface area contributed by atoms with Gasteiger partial charge in [-0.3, -0.25) is 14.4 Å². The third kappa shape index (κ3) is 49.3. The van der Waals surface area contributed by atoms with Crippen LogP contribution in [0, 0.1) is 0 Å². The van der Waals surface area contributed by atoms with Crippen LogP contribution in [0.1, 0.15) is 233 Å². The molecule has 0 bridgehead atoms. The minimum absolute atomic E-state index is 0.0952. The molecule has 6 nitrogen and oxygen atoms in total. The monoisotopic (exact) mass is 889 g/mol. The second-order valence-electron chi connectivity index (χ2n) is 17.0. The predicted octanol–water partition coefficient (Wildman–Crippen LogP) is 17.4. The molecule has 0 aromatic heterocycles. The first-order chi connectivity index (χ1) is 31.5. The lowest BCUT2D eigenvalue weighted by molar-refractivity contribution is -0.167. The number of ether oxygens (including phenoxy) is 3. The molecule has 0 spiro atoms. The molecule has 0 fully saturated rings. The molecule has 0 saturated heterocycles. The van der Waals surface area contributed by atoms with Gasteiger partial charge in [0.05, 0.1) is 0 Å². The van der Waals surface area contributed by atoms with Gasteiger partial charge >= 0.3 is 17.9 Å². The fourth-order valence-corrected chi connectivity index (χ4v) is 6.85. The molecule has 0 aromatic carbocycles. The van der Waals surface area contributed by atoms with Gasteiger partial charge in [0.1, 0.15) is 13.2 Å². The first-order valence-electron chi connectivity index (χ1n) is 26.2. The largest absolute Gasteiger partial charge is 0.462 e. The van der Waals surface area contributed by atoms with Gasteiger partial charge in [-0.05, 0) is 116 Å². The molecule has 0 radical (unpaired) electrons. The van der Waals surface area contributed by atoms with Crippen molar-refractivity contribution in [1.29, 1.82) is 0 Å². The third-order valence-electron chi connectivity index (χ3n) is 10.8. The first kappa shape index (κ1) is 60.3. The highest BCUT2D eigenvalue weighted by Gasteiger charge is 2.19. The summed E-state index contributed by atoms with van der Waals surface area (Å²) in [5.74, 6) is -0.942. The van der Waals surface area contributed by atoms with Crippen molar-refractivity contribution < 1.29 is 28.6 Å². The van der Waals surface area contributed by atoms with Crippen molar-refractivity contribution in [2.75, 3.05) is 13.2 Å². The standard InChI is InChI=1S/C58H96O6/c1-4-7-10-13-16-19-22-24-26-27-28-29-30-31-33-34-36-39-42-45-48-51-57(60)63-54-55(53-62-56(59)50-47-44-41-38-21-18-15-12-9-6-3)64-58(61)52-49-46-43-40-37-35-32-25-23-20-17-14-11-8-5-2/h7,10,12,15-17,19-20,24-26,28-29,31-33,55H,4-6,8-9,11,13-14,18,21-23,27,30,34-54H2,1-3H3/b10-7-,15-12-,19-16-,20-17-,26-24-,29-28-,32-25-,33-31-. The predicted molar refractivity (Wildman–Crippen MR) is 274 cm³/mol. The van der Waals surface area contributed by atoms with E-state index < -0.39 is 6.10 Å². The Labute approximate surface area is 394 Å². The minimum Gasteiger partial charge on any atom is -0.462 e. The van der Waals surface area contributed by atoms with Crippen LogP contribution in [-0.2, 0) is 28.6 Å². The van der Waals surface area contributed by atoms with E-state index in [-0.39, 0.29) is 31.1 Å². The van der Waals surface area contributed by atoms with Crippen LogP contribution in [0.25, 0.3) is 0 Å². The maximum Gasteiger partial charge on any atom is 0.306 e. The molecule has 0 aromatic rings. The molecular weight excluding hydrogens is 793 g/mol. The van der Waals surface area contributed by atoms with Crippen LogP contribution in [0.15, 0.2) is 97.2 Å². The number of unbranched alkanes of at least 4 members (excludes halogenated alkanes) is 19. The molecule has 0 N–H and O–H groups in total. The number of allylic oxidation sites excluding steroid dienone is 16. The maximum atomic E-state index is 12.8. The third-order valence-corrected chi connectivity index (χ3v) is 10.8. The average Bonchev–Trinajstić information content (AvgIpc) is 3.29. The van der Waals surface area contributed by atoms with Gasteiger partial charge in [-0.15, -0.1) is 0 Å². The summed E-state index contributed by atoms with van der Waals surface area (Å²) in [7, 11) is 0. The van der Waals surface area contributed by atoms with E-state index in [0.29, 0.717) is 19.3 Å². The SMILES string of the molecule is CC/C=C\C/C=C\C/C=C\C/C=C\C/C=C\CCCCCCCC(=O)OCC(COC(=O)CCCCCCC/C=C\CCC)OC(=O)CCCCCCC/C=C\C/C=C\CCCCC. The number of carbonyl (C=O) groups excluding carboxylic acids is 3. The van der Waals surface area contributed by atoms with E-state index in [4.69, 9.17) is 14.2 Å². The van der Waals surface area contributed by atoms with E-state index in [1.165, 1.54) is 38.5 Å². The van der Waals surface area contributed by atoms with Crippen molar-refractivity contribution in [3.63, 3.8) is 0 Å². The normalized spacial score (nSPS) is 12.9. The molecule has 1 atom stereocenters. The van der Waals surface area contributed by atoms with Gasteiger partial charge in [0.2, 0.25) is 0 Å². The number of carbonyl (C=O) groups is 3. The van der Waals surface area contributed by atoms with E-state index in [9.17, 15) is 14.4 Å². The molecule has 0 amide bonds. The van der Waals surface area contributed by atoms with Gasteiger partial charge in [-0.2, -0.15) is 0 Å². The van der Waals surface area contributed by atoms with E-state index in [0.717, 1.165) is 154 Å². The van der Waals surface area contributed by atoms with Crippen molar-refractivity contribution >= 4 is 17.9 Å². The van der Waals surface area contributed by atoms with E-state index in [1.54, 1.807) is 0 Å². The summed E-state index contributed by atoms with van der Waals surface area (Å²) in [5.41, 5.74) is 0. The van der Waals surface area contributed by atoms with Crippen LogP contribution in [0.4, 0.5) is 0 Å². The Morgan fingerprint density at radius 3 is 1.03 bits per heavy atom. The fourth-order valence-electron chi connectivity index (χ4n) is 6.85. The van der Waals surface area contributed by atoms with Crippen LogP contribution in [0.5, 0.6) is 0 Å². The summed E-state index contributed by atoms with van der Waals surface area (Å²) in [6.07, 6.45) is 68.2. The van der Waals surface area contributed by atoms with Crippen LogP contribution in [-0.4, -0.2) is 37.2 Å². The summed E-state index contributed by atoms with van der Waals surface area (Å²) in [6.45, 7) is 6.39. The van der Waals surface area contributed by atoms with Gasteiger partial charge < -0.3 is 14.2 Å². The molecule has 0 aliphatic heterocycles. The molecule has 64 heavy (non-hydrogen) atoms. The topological polar surface area (TPSA) is 78.9 Å². The molecular formula is C58H96O6. The summed E-state index contributed by atoms with van der Waals surface area (Å²) in [4.78, 5) is 37.9. The summed E-state index contributed by atoms with van der Waals surface area (Å²) >= 11 is 0. The molecule has 0 heterocycles. The summed E-state index contributed by atoms with van der Waals surface area (Å²) in [5, 5.41) is 0. The van der Waals surface area contributed by atoms with Gasteiger partial charge in [0, 0.05) is 19.3 Å². The van der Waals surface area contributed by atoms with Gasteiger partial charge in [-0.1, -0.05) is 195 Å². The second kappa shape index (κ2) is 52.0. The van der Waals surface area contributed by atoms with Crippen molar-refractivity contribution in [2.45, 2.75) is 239 Å². The van der Waals surface area contributed by atoms with Crippen LogP contribution < -0.4 is 0 Å². The van der Waals surface area contributed by atoms with Gasteiger partial charge in [0.15, 0.2) is 6.10 Å². The van der Waals surface area contributed by atoms with E-state index in [1.807, 2.05) is 0 Å². The van der Waals surface area contributed by atoms with Gasteiger partial charge in [0.25, 0.3) is 0 Å². The van der Waals surface area contributed by atoms with Crippen LogP contribution in [0.2, 0.25) is 0 Å². The van der Waals surface area contributed by atoms with Crippen molar-refractivity contribution in [3.8, 4) is 0 Å². The van der Waals surface area contributed by atoms with Crippen molar-refractivity contribution in [3.05, 3.63) is 97.2 Å². The zero-order valence-electron chi connectivity index (χ0n) is 41.5. The van der Waals surface area contributed by atoms with Crippen LogP contribution in [0.3, 0.4) is 0 Å². The second-order valence-corrected chi connectivity index (χ2v) is 17.0. The Hall–Kier alpha value is -3.67. The maximum absolute atomic E-state index is 12.8. The zero-order chi connectivity index (χ0) is 46.5. The van der Waals surface area contributed by atoms with Crippen molar-refractivity contribution in [1.82, 2.24) is 0 Å². The Morgan fingerprint density at radius 1 is 0.328 bits per heavy atom. The lowest BCUT2D eigenvalue weighted by Gasteiger charge is -2.18. The summed E-state index contributed by atoms with van der Waals surface area (Å²) < 4.78 is 16.8. The first-order valence-corrected chi connectivity index (χ1v) is 26.2. The molecule has 364 valence electrons. The lowest BCUT2D eigenvalue weighted by Crippen LogP contribution is -2.30. The Morgan fingerprint density at radius 2 is 0.641 bits per heavy atom. The lowest BCUT2D eigenvalue weighted by atomic mass is 10.1. The molecule has 0 aliphatic carbocycles. The van der Waals surface area contributed by atoms with E-state index >= 15 is 0 Å². The number of hydrogen-bond acceptors (Lipinski definition) is 6. The average molecular weight is 889 g/mol. The number of esters is 3. The molecule has 1 unspecified atom stereocenters. The molecule has 6 heteroatoms. The van der Waals surface area contributed by atoms with Crippen LogP contribution >= 0.6 is 0 Å². The Bertz CT molecular complexity index is 1300. The highest BCUT2D eigenvalue weighted by molar-refractivity contribution is 5.71. The molecule has 0 aliphatic rings. The Kier molecular flexibility index (Phi) is 49.0. The number of rotatable bonds is 46. The highest BCUT2D eigenvalue weighted by Crippen LogP contribution is 2.13. The smallest absolute Gasteiger partial charge is 0.306 e. The zero-order valence-corrected chi connectivity index (χ0v) is 41.5. The van der Waals surface area contributed by atoms with E-state index in [2.05, 4.69) is 118 Å². The van der Waals surface area contributed by atoms with Gasteiger partial charge in [-0.25, -0.2) is 0 Å². The quantitative estimate of drug-likeness (QED) is 0.0262. The molecule has 0 saturated carbocycles. The fraction of sp³-hybridized carbons (Fsp3) is 0.672. The highest BCUT2D eigenvalue weighted by atomic mass is 16.6.